The average Bonchev–Trinajstić information content (AvgIpc) is 2.53. The Bertz CT molecular complexity index is 881. The molecule has 2 aromatic rings. The Kier molecular flexibility index (Phi) is 4.07. The Balaban J connectivity index is 2.22. The number of fused-ring (bicyclic) bond motifs is 1. The van der Waals surface area contributed by atoms with E-state index in [9.17, 15) is 24.5 Å². The van der Waals surface area contributed by atoms with E-state index in [-0.39, 0.29) is 28.2 Å². The number of aromatic hydroxyl groups is 2. The van der Waals surface area contributed by atoms with E-state index in [2.05, 4.69) is 0 Å². The number of hydrogen-bond donors (Lipinski definition) is 5. The standard InChI is InChI=1S/C17H14FNO6/c18-10-3-1-2-9(4-10)12-8-25-14-6-11(20)5-13(21)16(14)17(12,23)7-15(22)19-24/h1-6,8,20-21,23-24H,7H2,(H,19,22). The molecule has 8 heteroatoms. The number of phenols is 2. The first-order chi connectivity index (χ1) is 11.8. The summed E-state index contributed by atoms with van der Waals surface area (Å²) in [5.41, 5.74) is -0.689. The molecule has 7 nitrogen and oxygen atoms in total. The molecule has 0 aromatic heterocycles. The third-order valence-corrected chi connectivity index (χ3v) is 3.91. The van der Waals surface area contributed by atoms with E-state index in [1.807, 2.05) is 0 Å². The summed E-state index contributed by atoms with van der Waals surface area (Å²) in [5, 5.41) is 39.8. The van der Waals surface area contributed by atoms with Crippen LogP contribution in [-0.2, 0) is 10.4 Å². The summed E-state index contributed by atoms with van der Waals surface area (Å²) in [6.07, 6.45) is 0.418. The molecule has 0 fully saturated rings. The van der Waals surface area contributed by atoms with E-state index in [1.54, 1.807) is 0 Å². The number of ether oxygens (including phenoxy) is 1. The number of hydroxylamine groups is 1. The summed E-state index contributed by atoms with van der Waals surface area (Å²) in [4.78, 5) is 11.7. The summed E-state index contributed by atoms with van der Waals surface area (Å²) in [7, 11) is 0. The van der Waals surface area contributed by atoms with Crippen molar-refractivity contribution in [1.29, 1.82) is 0 Å². The predicted molar refractivity (Wildman–Crippen MR) is 83.2 cm³/mol. The molecule has 0 saturated carbocycles. The van der Waals surface area contributed by atoms with Crippen LogP contribution < -0.4 is 10.2 Å². The molecule has 1 amide bonds. The molecule has 130 valence electrons. The number of hydrogen-bond acceptors (Lipinski definition) is 6. The Morgan fingerprint density at radius 3 is 2.68 bits per heavy atom. The van der Waals surface area contributed by atoms with Crippen LogP contribution in [0.4, 0.5) is 4.39 Å². The first kappa shape index (κ1) is 16.7. The van der Waals surface area contributed by atoms with Gasteiger partial charge in [-0.05, 0) is 17.7 Å². The highest BCUT2D eigenvalue weighted by atomic mass is 19.1. The van der Waals surface area contributed by atoms with Gasteiger partial charge in [-0.3, -0.25) is 10.0 Å². The molecule has 0 bridgehead atoms. The van der Waals surface area contributed by atoms with Crippen LogP contribution in [0.15, 0.2) is 42.7 Å². The van der Waals surface area contributed by atoms with E-state index >= 15 is 0 Å². The van der Waals surface area contributed by atoms with Crippen LogP contribution in [0.3, 0.4) is 0 Å². The number of benzene rings is 2. The van der Waals surface area contributed by atoms with Crippen LogP contribution in [-0.4, -0.2) is 26.4 Å². The molecule has 3 rings (SSSR count). The van der Waals surface area contributed by atoms with Gasteiger partial charge in [0, 0.05) is 17.7 Å². The molecule has 25 heavy (non-hydrogen) atoms. The van der Waals surface area contributed by atoms with Crippen molar-refractivity contribution in [2.45, 2.75) is 12.0 Å². The minimum absolute atomic E-state index is 0.00379. The van der Waals surface area contributed by atoms with Crippen molar-refractivity contribution in [3.8, 4) is 17.2 Å². The normalized spacial score (nSPS) is 18.8. The maximum absolute atomic E-state index is 13.6. The Labute approximate surface area is 141 Å². The molecular formula is C17H14FNO6. The highest BCUT2D eigenvalue weighted by Crippen LogP contribution is 2.51. The van der Waals surface area contributed by atoms with Crippen LogP contribution in [0.1, 0.15) is 17.5 Å². The molecule has 2 aromatic carbocycles. The van der Waals surface area contributed by atoms with E-state index in [0.717, 1.165) is 24.5 Å². The molecule has 0 spiro atoms. The summed E-state index contributed by atoms with van der Waals surface area (Å²) >= 11 is 0. The number of phenolic OH excluding ortho intramolecular Hbond substituents is 2. The third kappa shape index (κ3) is 2.88. The number of carbonyl (C=O) groups is 1. The van der Waals surface area contributed by atoms with E-state index in [0.29, 0.717) is 0 Å². The fourth-order valence-corrected chi connectivity index (χ4v) is 2.87. The second kappa shape index (κ2) is 6.08. The molecule has 1 atom stereocenters. The quantitative estimate of drug-likeness (QED) is 0.426. The zero-order valence-electron chi connectivity index (χ0n) is 12.7. The number of halogens is 1. The predicted octanol–water partition coefficient (Wildman–Crippen LogP) is 1.75. The molecule has 1 heterocycles. The summed E-state index contributed by atoms with van der Waals surface area (Å²) in [6, 6.07) is 7.34. The van der Waals surface area contributed by atoms with E-state index in [1.165, 1.54) is 23.7 Å². The van der Waals surface area contributed by atoms with Gasteiger partial charge in [0.2, 0.25) is 5.91 Å². The summed E-state index contributed by atoms with van der Waals surface area (Å²) in [6.45, 7) is 0. The lowest BCUT2D eigenvalue weighted by atomic mass is 9.78. The van der Waals surface area contributed by atoms with Crippen LogP contribution in [0.2, 0.25) is 0 Å². The molecule has 0 radical (unpaired) electrons. The number of rotatable bonds is 3. The summed E-state index contributed by atoms with van der Waals surface area (Å²) in [5.74, 6) is -2.43. The lowest BCUT2D eigenvalue weighted by Gasteiger charge is -2.35. The van der Waals surface area contributed by atoms with Crippen molar-refractivity contribution in [2.24, 2.45) is 0 Å². The Morgan fingerprint density at radius 2 is 2.00 bits per heavy atom. The zero-order chi connectivity index (χ0) is 18.2. The van der Waals surface area contributed by atoms with Crippen molar-refractivity contribution in [2.75, 3.05) is 0 Å². The monoisotopic (exact) mass is 347 g/mol. The number of nitrogens with one attached hydrogen (secondary N) is 1. The third-order valence-electron chi connectivity index (χ3n) is 3.91. The molecule has 1 unspecified atom stereocenters. The van der Waals surface area contributed by atoms with Gasteiger partial charge in [0.05, 0.1) is 18.2 Å². The van der Waals surface area contributed by atoms with Gasteiger partial charge in [0.25, 0.3) is 0 Å². The topological polar surface area (TPSA) is 119 Å². The fraction of sp³-hybridized carbons (Fsp3) is 0.118. The van der Waals surface area contributed by atoms with Gasteiger partial charge in [-0.1, -0.05) is 12.1 Å². The average molecular weight is 347 g/mol. The van der Waals surface area contributed by atoms with E-state index < -0.39 is 29.5 Å². The second-order valence-corrected chi connectivity index (χ2v) is 5.57. The molecule has 0 saturated heterocycles. The largest absolute Gasteiger partial charge is 0.508 e. The van der Waals surface area contributed by atoms with Crippen LogP contribution in [0.25, 0.3) is 5.57 Å². The molecule has 0 aliphatic carbocycles. The lowest BCUT2D eigenvalue weighted by Crippen LogP contribution is -2.37. The minimum Gasteiger partial charge on any atom is -0.508 e. The molecule has 1 aliphatic rings. The van der Waals surface area contributed by atoms with Gasteiger partial charge in [0.15, 0.2) is 0 Å². The van der Waals surface area contributed by atoms with Gasteiger partial charge in [0.1, 0.15) is 28.7 Å². The second-order valence-electron chi connectivity index (χ2n) is 5.57. The molecular weight excluding hydrogens is 333 g/mol. The van der Waals surface area contributed by atoms with Crippen LogP contribution >= 0.6 is 0 Å². The Morgan fingerprint density at radius 1 is 1.24 bits per heavy atom. The van der Waals surface area contributed by atoms with Crippen molar-refractivity contribution < 1.29 is 34.4 Å². The first-order valence-corrected chi connectivity index (χ1v) is 7.20. The van der Waals surface area contributed by atoms with Gasteiger partial charge < -0.3 is 20.1 Å². The van der Waals surface area contributed by atoms with Gasteiger partial charge in [-0.15, -0.1) is 0 Å². The maximum atomic E-state index is 13.6. The van der Waals surface area contributed by atoms with Crippen molar-refractivity contribution in [3.05, 3.63) is 59.6 Å². The Hall–Kier alpha value is -3.10. The van der Waals surface area contributed by atoms with Gasteiger partial charge in [-0.25, -0.2) is 9.87 Å². The molecule has 1 aliphatic heterocycles. The molecule has 5 N–H and O–H groups in total. The summed E-state index contributed by atoms with van der Waals surface area (Å²) < 4.78 is 18.9. The fourth-order valence-electron chi connectivity index (χ4n) is 2.87. The smallest absolute Gasteiger partial charge is 0.246 e. The van der Waals surface area contributed by atoms with E-state index in [4.69, 9.17) is 9.94 Å². The number of carbonyl (C=O) groups excluding carboxylic acids is 1. The van der Waals surface area contributed by atoms with Crippen molar-refractivity contribution in [1.82, 2.24) is 5.48 Å². The van der Waals surface area contributed by atoms with Crippen LogP contribution in [0, 0.1) is 5.82 Å². The van der Waals surface area contributed by atoms with Crippen molar-refractivity contribution in [3.63, 3.8) is 0 Å². The zero-order valence-corrected chi connectivity index (χ0v) is 12.7. The number of aliphatic hydroxyl groups is 1. The first-order valence-electron chi connectivity index (χ1n) is 7.20. The van der Waals surface area contributed by atoms with Gasteiger partial charge in [-0.2, -0.15) is 0 Å². The SMILES string of the molecule is O=C(CC1(O)C(c2cccc(F)c2)=COc2cc(O)cc(O)c21)NO. The maximum Gasteiger partial charge on any atom is 0.246 e. The van der Waals surface area contributed by atoms with Crippen LogP contribution in [0.5, 0.6) is 17.2 Å². The minimum atomic E-state index is -2.13. The number of amides is 1. The van der Waals surface area contributed by atoms with Gasteiger partial charge >= 0.3 is 0 Å². The highest BCUT2D eigenvalue weighted by Gasteiger charge is 2.44. The lowest BCUT2D eigenvalue weighted by molar-refractivity contribution is -0.133. The van der Waals surface area contributed by atoms with Crippen molar-refractivity contribution >= 4 is 11.5 Å². The highest BCUT2D eigenvalue weighted by molar-refractivity contribution is 5.85.